The highest BCUT2D eigenvalue weighted by Gasteiger charge is 2.14. The monoisotopic (exact) mass is 426 g/mol. The maximum Gasteiger partial charge on any atom is 0.343 e. The summed E-state index contributed by atoms with van der Waals surface area (Å²) in [5.41, 5.74) is 2.26. The molecule has 1 aromatic heterocycles. The Labute approximate surface area is 163 Å². The molecule has 0 saturated carbocycles. The number of fused-ring (bicyclic) bond motifs is 3. The maximum absolute atomic E-state index is 11.2. The van der Waals surface area contributed by atoms with Crippen LogP contribution in [0.25, 0.3) is 31.3 Å². The van der Waals surface area contributed by atoms with Gasteiger partial charge in [-0.3, -0.25) is 0 Å². The van der Waals surface area contributed by atoms with E-state index in [1.807, 2.05) is 24.3 Å². The van der Waals surface area contributed by atoms with Crippen LogP contribution in [0.15, 0.2) is 65.1 Å². The van der Waals surface area contributed by atoms with Gasteiger partial charge in [-0.1, -0.05) is 46.3 Å². The Hall–Kier alpha value is -2.37. The van der Waals surface area contributed by atoms with Gasteiger partial charge in [0.25, 0.3) is 0 Å². The van der Waals surface area contributed by atoms with E-state index in [4.69, 9.17) is 4.74 Å². The van der Waals surface area contributed by atoms with Crippen LogP contribution in [0.1, 0.15) is 0 Å². The summed E-state index contributed by atoms with van der Waals surface area (Å²) in [6.45, 7) is -0.0930. The van der Waals surface area contributed by atoms with Gasteiger partial charge in [0.15, 0.2) is 6.61 Å². The Morgan fingerprint density at radius 2 is 1.77 bits per heavy atom. The molecule has 130 valence electrons. The zero-order chi connectivity index (χ0) is 18.1. The molecule has 0 spiro atoms. The van der Waals surface area contributed by atoms with Crippen molar-refractivity contribution in [2.75, 3.05) is 13.7 Å². The third-order valence-electron chi connectivity index (χ3n) is 4.22. The molecule has 0 N–H and O–H groups in total. The molecule has 1 heterocycles. The van der Waals surface area contributed by atoms with Crippen molar-refractivity contribution in [3.63, 3.8) is 0 Å². The van der Waals surface area contributed by atoms with Crippen LogP contribution in [0.5, 0.6) is 5.75 Å². The molecule has 5 heteroatoms. The highest BCUT2D eigenvalue weighted by molar-refractivity contribution is 9.10. The molecular weight excluding hydrogens is 412 g/mol. The van der Waals surface area contributed by atoms with Crippen molar-refractivity contribution in [3.05, 3.63) is 65.1 Å². The van der Waals surface area contributed by atoms with Gasteiger partial charge in [-0.05, 0) is 35.9 Å². The van der Waals surface area contributed by atoms with Gasteiger partial charge in [0, 0.05) is 30.2 Å². The Bertz CT molecular complexity index is 1100. The predicted octanol–water partition coefficient (Wildman–Crippen LogP) is 6.04. The van der Waals surface area contributed by atoms with Gasteiger partial charge in [-0.2, -0.15) is 0 Å². The fraction of sp³-hybridized carbons (Fsp3) is 0.0952. The number of halogens is 1. The molecule has 4 rings (SSSR count). The minimum absolute atomic E-state index is 0.0930. The Kier molecular flexibility index (Phi) is 4.66. The number of benzene rings is 3. The summed E-state index contributed by atoms with van der Waals surface area (Å²) in [6, 6.07) is 20.5. The molecule has 3 nitrogen and oxygen atoms in total. The summed E-state index contributed by atoms with van der Waals surface area (Å²) >= 11 is 5.51. The van der Waals surface area contributed by atoms with Crippen molar-refractivity contribution < 1.29 is 14.3 Å². The van der Waals surface area contributed by atoms with E-state index in [2.05, 4.69) is 57.1 Å². The van der Waals surface area contributed by atoms with E-state index in [0.29, 0.717) is 5.75 Å². The average Bonchev–Trinajstić information content (AvgIpc) is 3.05. The minimum Gasteiger partial charge on any atom is -0.482 e. The normalized spacial score (nSPS) is 11.0. The lowest BCUT2D eigenvalue weighted by atomic mass is 9.99. The molecule has 0 unspecified atom stereocenters. The van der Waals surface area contributed by atoms with Crippen LogP contribution in [0.4, 0.5) is 0 Å². The molecule has 0 fully saturated rings. The second-order valence-corrected chi connectivity index (χ2v) is 7.72. The second-order valence-electron chi connectivity index (χ2n) is 5.78. The quantitative estimate of drug-likeness (QED) is 0.373. The molecule has 3 aromatic carbocycles. The van der Waals surface area contributed by atoms with E-state index in [0.717, 1.165) is 10.0 Å². The van der Waals surface area contributed by atoms with Crippen LogP contribution in [-0.2, 0) is 9.53 Å². The van der Waals surface area contributed by atoms with Crippen molar-refractivity contribution in [2.24, 2.45) is 0 Å². The Morgan fingerprint density at radius 1 is 1.00 bits per heavy atom. The Morgan fingerprint density at radius 3 is 2.54 bits per heavy atom. The van der Waals surface area contributed by atoms with Crippen molar-refractivity contribution in [2.45, 2.75) is 0 Å². The molecule has 0 aliphatic heterocycles. The molecule has 4 aromatic rings. The van der Waals surface area contributed by atoms with Gasteiger partial charge in [0.05, 0.1) is 7.11 Å². The lowest BCUT2D eigenvalue weighted by Crippen LogP contribution is -2.12. The predicted molar refractivity (Wildman–Crippen MR) is 110 cm³/mol. The molecule has 0 saturated heterocycles. The van der Waals surface area contributed by atoms with Crippen molar-refractivity contribution in [1.82, 2.24) is 0 Å². The SMILES string of the molecule is COC(=O)COc1ccc(-c2c(Br)ccc3sc4ccccc4c23)cc1. The van der Waals surface area contributed by atoms with Gasteiger partial charge in [-0.25, -0.2) is 4.79 Å². The summed E-state index contributed by atoms with van der Waals surface area (Å²) in [5, 5.41) is 2.51. The highest BCUT2D eigenvalue weighted by atomic mass is 79.9. The van der Waals surface area contributed by atoms with Crippen LogP contribution < -0.4 is 4.74 Å². The zero-order valence-electron chi connectivity index (χ0n) is 14.0. The van der Waals surface area contributed by atoms with Crippen LogP contribution in [0.3, 0.4) is 0 Å². The third-order valence-corrected chi connectivity index (χ3v) is 6.02. The van der Waals surface area contributed by atoms with E-state index in [1.165, 1.54) is 32.8 Å². The number of carbonyl (C=O) groups is 1. The molecule has 0 atom stereocenters. The van der Waals surface area contributed by atoms with Crippen LogP contribution >= 0.6 is 27.3 Å². The van der Waals surface area contributed by atoms with E-state index >= 15 is 0 Å². The van der Waals surface area contributed by atoms with Gasteiger partial charge in [-0.15, -0.1) is 11.3 Å². The zero-order valence-corrected chi connectivity index (χ0v) is 16.4. The second kappa shape index (κ2) is 7.09. The smallest absolute Gasteiger partial charge is 0.343 e. The molecule has 26 heavy (non-hydrogen) atoms. The van der Waals surface area contributed by atoms with Gasteiger partial charge in [0.2, 0.25) is 0 Å². The van der Waals surface area contributed by atoms with Crippen LogP contribution in [0.2, 0.25) is 0 Å². The van der Waals surface area contributed by atoms with Crippen molar-refractivity contribution >= 4 is 53.4 Å². The molecule has 0 aliphatic rings. The number of hydrogen-bond donors (Lipinski definition) is 0. The Balaban J connectivity index is 1.79. The summed E-state index contributed by atoms with van der Waals surface area (Å²) < 4.78 is 13.6. The number of ether oxygens (including phenoxy) is 2. The maximum atomic E-state index is 11.2. The van der Waals surface area contributed by atoms with Crippen molar-refractivity contribution in [1.29, 1.82) is 0 Å². The van der Waals surface area contributed by atoms with E-state index in [-0.39, 0.29) is 6.61 Å². The van der Waals surface area contributed by atoms with E-state index < -0.39 is 5.97 Å². The van der Waals surface area contributed by atoms with Crippen LogP contribution in [0, 0.1) is 0 Å². The number of rotatable bonds is 4. The van der Waals surface area contributed by atoms with E-state index in [9.17, 15) is 4.79 Å². The highest BCUT2D eigenvalue weighted by Crippen LogP contribution is 2.43. The van der Waals surface area contributed by atoms with Gasteiger partial charge >= 0.3 is 5.97 Å². The molecule has 0 amide bonds. The standard InChI is InChI=1S/C21H15BrO3S/c1-24-19(23)12-25-14-8-6-13(7-9-14)20-16(22)10-11-18-21(20)15-4-2-3-5-17(15)26-18/h2-11H,12H2,1H3. The summed E-state index contributed by atoms with van der Waals surface area (Å²) in [5.74, 6) is 0.240. The first kappa shape index (κ1) is 17.1. The molecule has 0 bridgehead atoms. The molecule has 0 aliphatic carbocycles. The fourth-order valence-corrected chi connectivity index (χ4v) is 4.67. The lowest BCUT2D eigenvalue weighted by molar-refractivity contribution is -0.142. The number of esters is 1. The lowest BCUT2D eigenvalue weighted by Gasteiger charge is -2.10. The number of methoxy groups -OCH3 is 1. The number of carbonyl (C=O) groups excluding carboxylic acids is 1. The topological polar surface area (TPSA) is 35.5 Å². The first-order chi connectivity index (χ1) is 12.7. The van der Waals surface area contributed by atoms with Gasteiger partial charge in [0.1, 0.15) is 5.75 Å². The molecular formula is C21H15BrO3S. The van der Waals surface area contributed by atoms with E-state index in [1.54, 1.807) is 11.3 Å². The average molecular weight is 427 g/mol. The summed E-state index contributed by atoms with van der Waals surface area (Å²) in [7, 11) is 1.35. The van der Waals surface area contributed by atoms with Crippen molar-refractivity contribution in [3.8, 4) is 16.9 Å². The first-order valence-electron chi connectivity index (χ1n) is 8.07. The molecule has 0 radical (unpaired) electrons. The minimum atomic E-state index is -0.397. The first-order valence-corrected chi connectivity index (χ1v) is 9.68. The fourth-order valence-electron chi connectivity index (χ4n) is 2.99. The summed E-state index contributed by atoms with van der Waals surface area (Å²) in [6.07, 6.45) is 0. The van der Waals surface area contributed by atoms with Crippen LogP contribution in [-0.4, -0.2) is 19.7 Å². The number of thiophene rings is 1. The third kappa shape index (κ3) is 3.08. The summed E-state index contributed by atoms with van der Waals surface area (Å²) in [4.78, 5) is 11.2. The largest absolute Gasteiger partial charge is 0.482 e. The van der Waals surface area contributed by atoms with Gasteiger partial charge < -0.3 is 9.47 Å². The number of hydrogen-bond acceptors (Lipinski definition) is 4.